The SMILES string of the molecule is CC(C)c1nccn1CCCn1ccc(N)n1. The maximum atomic E-state index is 5.56. The highest BCUT2D eigenvalue weighted by molar-refractivity contribution is 5.23. The maximum absolute atomic E-state index is 5.56. The van der Waals surface area contributed by atoms with Gasteiger partial charge >= 0.3 is 0 Å². The number of hydrogen-bond donors (Lipinski definition) is 1. The first-order valence-corrected chi connectivity index (χ1v) is 5.97. The maximum Gasteiger partial charge on any atom is 0.145 e. The number of aryl methyl sites for hydroxylation is 2. The van der Waals surface area contributed by atoms with Crippen LogP contribution in [0.2, 0.25) is 0 Å². The van der Waals surface area contributed by atoms with Gasteiger partial charge in [-0.05, 0) is 12.5 Å². The lowest BCUT2D eigenvalue weighted by Gasteiger charge is -2.10. The van der Waals surface area contributed by atoms with Crippen LogP contribution in [0.1, 0.15) is 32.0 Å². The molecule has 92 valence electrons. The summed E-state index contributed by atoms with van der Waals surface area (Å²) in [6.45, 7) is 6.17. The number of hydrogen-bond acceptors (Lipinski definition) is 3. The zero-order valence-corrected chi connectivity index (χ0v) is 10.4. The van der Waals surface area contributed by atoms with Gasteiger partial charge in [-0.1, -0.05) is 13.8 Å². The standard InChI is InChI=1S/C12H19N5/c1-10(2)12-14-5-9-16(12)6-3-7-17-8-4-11(13)15-17/h4-5,8-10H,3,6-7H2,1-2H3,(H2,13,15). The Kier molecular flexibility index (Phi) is 3.46. The van der Waals surface area contributed by atoms with Crippen LogP contribution in [-0.4, -0.2) is 19.3 Å². The summed E-state index contributed by atoms with van der Waals surface area (Å²) in [5, 5.41) is 4.16. The third-order valence-corrected chi connectivity index (χ3v) is 2.71. The van der Waals surface area contributed by atoms with Gasteiger partial charge in [-0.2, -0.15) is 5.10 Å². The Morgan fingerprint density at radius 2 is 2.12 bits per heavy atom. The molecule has 0 bridgehead atoms. The lowest BCUT2D eigenvalue weighted by atomic mass is 10.2. The van der Waals surface area contributed by atoms with E-state index in [9.17, 15) is 0 Å². The Hall–Kier alpha value is -1.78. The average molecular weight is 233 g/mol. The molecule has 2 N–H and O–H groups in total. The van der Waals surface area contributed by atoms with Crippen LogP contribution in [-0.2, 0) is 13.1 Å². The highest BCUT2D eigenvalue weighted by Crippen LogP contribution is 2.12. The highest BCUT2D eigenvalue weighted by Gasteiger charge is 2.06. The van der Waals surface area contributed by atoms with Gasteiger partial charge in [0, 0.05) is 37.6 Å². The van der Waals surface area contributed by atoms with E-state index in [4.69, 9.17) is 5.73 Å². The van der Waals surface area contributed by atoms with E-state index in [1.54, 1.807) is 0 Å². The molecule has 0 saturated heterocycles. The molecule has 0 atom stereocenters. The Bertz CT molecular complexity index is 469. The molecular formula is C12H19N5. The molecule has 0 fully saturated rings. The quantitative estimate of drug-likeness (QED) is 0.857. The Balaban J connectivity index is 1.88. The topological polar surface area (TPSA) is 61.7 Å². The zero-order valence-electron chi connectivity index (χ0n) is 10.4. The van der Waals surface area contributed by atoms with E-state index < -0.39 is 0 Å². The summed E-state index contributed by atoms with van der Waals surface area (Å²) < 4.78 is 4.08. The van der Waals surface area contributed by atoms with Crippen molar-refractivity contribution in [1.82, 2.24) is 19.3 Å². The lowest BCUT2D eigenvalue weighted by molar-refractivity contribution is 0.511. The van der Waals surface area contributed by atoms with Crippen LogP contribution in [0, 0.1) is 0 Å². The van der Waals surface area contributed by atoms with E-state index in [-0.39, 0.29) is 0 Å². The van der Waals surface area contributed by atoms with E-state index in [0.29, 0.717) is 11.7 Å². The van der Waals surface area contributed by atoms with E-state index in [1.807, 2.05) is 29.3 Å². The molecule has 2 heterocycles. The fourth-order valence-electron chi connectivity index (χ4n) is 1.92. The molecule has 0 aliphatic heterocycles. The van der Waals surface area contributed by atoms with Gasteiger partial charge in [-0.25, -0.2) is 4.98 Å². The predicted molar refractivity (Wildman–Crippen MR) is 67.6 cm³/mol. The predicted octanol–water partition coefficient (Wildman–Crippen LogP) is 1.88. The van der Waals surface area contributed by atoms with Crippen LogP contribution in [0.15, 0.2) is 24.7 Å². The van der Waals surface area contributed by atoms with Crippen LogP contribution in [0.5, 0.6) is 0 Å². The molecule has 0 amide bonds. The second kappa shape index (κ2) is 5.03. The number of rotatable bonds is 5. The Morgan fingerprint density at radius 1 is 1.29 bits per heavy atom. The monoisotopic (exact) mass is 233 g/mol. The van der Waals surface area contributed by atoms with Crippen molar-refractivity contribution in [1.29, 1.82) is 0 Å². The van der Waals surface area contributed by atoms with Gasteiger partial charge in [0.2, 0.25) is 0 Å². The van der Waals surface area contributed by atoms with E-state index in [0.717, 1.165) is 25.3 Å². The smallest absolute Gasteiger partial charge is 0.145 e. The van der Waals surface area contributed by atoms with Gasteiger partial charge in [-0.15, -0.1) is 0 Å². The molecule has 17 heavy (non-hydrogen) atoms. The summed E-state index contributed by atoms with van der Waals surface area (Å²) in [6, 6.07) is 1.82. The first kappa shape index (κ1) is 11.7. The molecule has 2 aromatic rings. The van der Waals surface area contributed by atoms with Crippen molar-refractivity contribution < 1.29 is 0 Å². The van der Waals surface area contributed by atoms with Crippen molar-refractivity contribution in [3.05, 3.63) is 30.5 Å². The molecule has 5 heteroatoms. The van der Waals surface area contributed by atoms with Crippen LogP contribution >= 0.6 is 0 Å². The van der Waals surface area contributed by atoms with Crippen LogP contribution in [0.4, 0.5) is 5.82 Å². The zero-order chi connectivity index (χ0) is 12.3. The molecule has 0 radical (unpaired) electrons. The van der Waals surface area contributed by atoms with Crippen molar-refractivity contribution >= 4 is 5.82 Å². The molecule has 0 aliphatic rings. The molecule has 0 aliphatic carbocycles. The van der Waals surface area contributed by atoms with Crippen molar-refractivity contribution in [2.24, 2.45) is 0 Å². The number of nitrogens with zero attached hydrogens (tertiary/aromatic N) is 4. The van der Waals surface area contributed by atoms with Gasteiger partial charge in [0.25, 0.3) is 0 Å². The summed E-state index contributed by atoms with van der Waals surface area (Å²) in [4.78, 5) is 4.37. The third-order valence-electron chi connectivity index (χ3n) is 2.71. The molecule has 0 saturated carbocycles. The number of anilines is 1. The van der Waals surface area contributed by atoms with Crippen molar-refractivity contribution in [3.63, 3.8) is 0 Å². The largest absolute Gasteiger partial charge is 0.382 e. The molecule has 5 nitrogen and oxygen atoms in total. The van der Waals surface area contributed by atoms with Crippen molar-refractivity contribution in [2.75, 3.05) is 5.73 Å². The number of aromatic nitrogens is 4. The minimum atomic E-state index is 0.463. The van der Waals surface area contributed by atoms with Gasteiger partial charge in [0.1, 0.15) is 11.6 Å². The summed E-state index contributed by atoms with van der Waals surface area (Å²) in [6.07, 6.45) is 6.83. The summed E-state index contributed by atoms with van der Waals surface area (Å²) >= 11 is 0. The summed E-state index contributed by atoms with van der Waals surface area (Å²) in [5.41, 5.74) is 5.56. The second-order valence-corrected chi connectivity index (χ2v) is 4.49. The van der Waals surface area contributed by atoms with E-state index in [2.05, 4.69) is 28.5 Å². The van der Waals surface area contributed by atoms with Crippen LogP contribution < -0.4 is 5.73 Å². The summed E-state index contributed by atoms with van der Waals surface area (Å²) in [7, 11) is 0. The normalized spacial score (nSPS) is 11.2. The third kappa shape index (κ3) is 2.87. The number of nitrogens with two attached hydrogens (primary N) is 1. The fraction of sp³-hybridized carbons (Fsp3) is 0.500. The molecule has 2 aromatic heterocycles. The number of nitrogen functional groups attached to an aromatic ring is 1. The van der Waals surface area contributed by atoms with Gasteiger partial charge < -0.3 is 10.3 Å². The number of imidazole rings is 1. The van der Waals surface area contributed by atoms with Crippen LogP contribution in [0.25, 0.3) is 0 Å². The van der Waals surface area contributed by atoms with Gasteiger partial charge in [0.15, 0.2) is 0 Å². The van der Waals surface area contributed by atoms with Crippen molar-refractivity contribution in [2.45, 2.75) is 39.3 Å². The van der Waals surface area contributed by atoms with E-state index >= 15 is 0 Å². The highest BCUT2D eigenvalue weighted by atomic mass is 15.3. The molecular weight excluding hydrogens is 214 g/mol. The molecule has 2 rings (SSSR count). The van der Waals surface area contributed by atoms with E-state index in [1.165, 1.54) is 0 Å². The first-order valence-electron chi connectivity index (χ1n) is 5.97. The second-order valence-electron chi connectivity index (χ2n) is 4.49. The molecule has 0 aromatic carbocycles. The summed E-state index contributed by atoms with van der Waals surface area (Å²) in [5.74, 6) is 2.19. The average Bonchev–Trinajstić information content (AvgIpc) is 2.87. The lowest BCUT2D eigenvalue weighted by Crippen LogP contribution is -2.08. The van der Waals surface area contributed by atoms with Crippen molar-refractivity contribution in [3.8, 4) is 0 Å². The Labute approximate surface area is 101 Å². The first-order chi connectivity index (χ1) is 8.16. The van der Waals surface area contributed by atoms with Gasteiger partial charge in [-0.3, -0.25) is 4.68 Å². The minimum absolute atomic E-state index is 0.463. The van der Waals surface area contributed by atoms with Crippen LogP contribution in [0.3, 0.4) is 0 Å². The minimum Gasteiger partial charge on any atom is -0.382 e. The molecule has 0 unspecified atom stereocenters. The Morgan fingerprint density at radius 3 is 2.76 bits per heavy atom. The fourth-order valence-corrected chi connectivity index (χ4v) is 1.92. The molecule has 0 spiro atoms. The van der Waals surface area contributed by atoms with Gasteiger partial charge in [0.05, 0.1) is 0 Å².